The van der Waals surface area contributed by atoms with Crippen LogP contribution in [0.1, 0.15) is 30.9 Å². The van der Waals surface area contributed by atoms with E-state index in [0.29, 0.717) is 5.92 Å². The Kier molecular flexibility index (Phi) is 2.79. The number of nitrogens with one attached hydrogen (secondary N) is 1. The van der Waals surface area contributed by atoms with E-state index in [1.165, 1.54) is 30.2 Å². The molecule has 2 aromatic rings. The second-order valence-corrected chi connectivity index (χ2v) is 4.75. The molecule has 1 heterocycles. The lowest BCUT2D eigenvalue weighted by molar-refractivity contribution is 0.233. The lowest BCUT2D eigenvalue weighted by atomic mass is 9.77. The van der Waals surface area contributed by atoms with Gasteiger partial charge in [0.25, 0.3) is 0 Å². The Morgan fingerprint density at radius 2 is 2.06 bits per heavy atom. The van der Waals surface area contributed by atoms with Gasteiger partial charge >= 0.3 is 0 Å². The number of para-hydroxylation sites is 1. The number of fused-ring (bicyclic) bond motifs is 1. The summed E-state index contributed by atoms with van der Waals surface area (Å²) in [6.07, 6.45) is 5.74. The molecule has 88 valence electrons. The molecule has 1 fully saturated rings. The quantitative estimate of drug-likeness (QED) is 0.626. The van der Waals surface area contributed by atoms with Crippen LogP contribution in [0.5, 0.6) is 0 Å². The van der Waals surface area contributed by atoms with Crippen molar-refractivity contribution >= 4 is 10.9 Å². The zero-order valence-electron chi connectivity index (χ0n) is 9.76. The Hall–Kier alpha value is -1.45. The Bertz CT molecular complexity index is 514. The lowest BCUT2D eigenvalue weighted by Crippen LogP contribution is -2.36. The average Bonchev–Trinajstić information content (AvgIpc) is 2.33. The topological polar surface area (TPSA) is 50.9 Å². The molecule has 1 aromatic heterocycles. The first-order valence-electron chi connectivity index (χ1n) is 6.20. The highest BCUT2D eigenvalue weighted by atomic mass is 15.2. The molecular formula is C14H17N3. The smallest absolute Gasteiger partial charge is 0.0705 e. The number of benzene rings is 1. The Morgan fingerprint density at radius 3 is 2.76 bits per heavy atom. The fourth-order valence-corrected chi connectivity index (χ4v) is 2.64. The lowest BCUT2D eigenvalue weighted by Gasteiger charge is -2.34. The fourth-order valence-electron chi connectivity index (χ4n) is 2.64. The molecule has 1 saturated carbocycles. The van der Waals surface area contributed by atoms with Gasteiger partial charge in [0.1, 0.15) is 0 Å². The predicted molar refractivity (Wildman–Crippen MR) is 69.1 cm³/mol. The standard InChI is InChI=1S/C14H17N3/c15-17-14(10-4-3-5-10)12-8-9-16-13-7-2-1-6-11(12)13/h1-2,6-10,14,17H,3-5,15H2. The third-order valence-corrected chi connectivity index (χ3v) is 3.82. The third kappa shape index (κ3) is 1.81. The number of hydrazine groups is 1. The van der Waals surface area contributed by atoms with Crippen molar-refractivity contribution in [3.05, 3.63) is 42.1 Å². The number of nitrogens with two attached hydrogens (primary N) is 1. The van der Waals surface area contributed by atoms with Crippen LogP contribution >= 0.6 is 0 Å². The van der Waals surface area contributed by atoms with E-state index >= 15 is 0 Å². The molecule has 1 aromatic carbocycles. The Labute approximate surface area is 101 Å². The van der Waals surface area contributed by atoms with Crippen LogP contribution in [0, 0.1) is 5.92 Å². The summed E-state index contributed by atoms with van der Waals surface area (Å²) in [6, 6.07) is 10.6. The number of hydrogen-bond donors (Lipinski definition) is 2. The number of rotatable bonds is 3. The molecule has 3 heteroatoms. The van der Waals surface area contributed by atoms with E-state index in [1.807, 2.05) is 18.3 Å². The molecule has 0 aliphatic heterocycles. The maximum atomic E-state index is 5.74. The van der Waals surface area contributed by atoms with Gasteiger partial charge in [-0.3, -0.25) is 16.3 Å². The average molecular weight is 227 g/mol. The number of pyridine rings is 1. The first kappa shape index (κ1) is 10.7. The van der Waals surface area contributed by atoms with Crippen molar-refractivity contribution < 1.29 is 0 Å². The van der Waals surface area contributed by atoms with Crippen LogP contribution in [0.4, 0.5) is 0 Å². The maximum Gasteiger partial charge on any atom is 0.0705 e. The van der Waals surface area contributed by atoms with Crippen molar-refractivity contribution in [3.8, 4) is 0 Å². The molecule has 1 aliphatic rings. The van der Waals surface area contributed by atoms with Gasteiger partial charge in [0.15, 0.2) is 0 Å². The van der Waals surface area contributed by atoms with E-state index in [9.17, 15) is 0 Å². The van der Waals surface area contributed by atoms with E-state index < -0.39 is 0 Å². The summed E-state index contributed by atoms with van der Waals surface area (Å²) in [5, 5.41) is 1.21. The second-order valence-electron chi connectivity index (χ2n) is 4.75. The second kappa shape index (κ2) is 4.43. The molecular weight excluding hydrogens is 210 g/mol. The molecule has 0 bridgehead atoms. The third-order valence-electron chi connectivity index (χ3n) is 3.82. The number of aromatic nitrogens is 1. The largest absolute Gasteiger partial charge is 0.271 e. The van der Waals surface area contributed by atoms with Gasteiger partial charge in [-0.25, -0.2) is 0 Å². The summed E-state index contributed by atoms with van der Waals surface area (Å²) < 4.78 is 0. The minimum atomic E-state index is 0.261. The Morgan fingerprint density at radius 1 is 1.24 bits per heavy atom. The number of nitrogens with zero attached hydrogens (tertiary/aromatic N) is 1. The summed E-state index contributed by atoms with van der Waals surface area (Å²) in [5.74, 6) is 6.41. The van der Waals surface area contributed by atoms with Crippen LogP contribution in [-0.2, 0) is 0 Å². The Balaban J connectivity index is 2.08. The summed E-state index contributed by atoms with van der Waals surface area (Å²) in [4.78, 5) is 4.39. The monoisotopic (exact) mass is 227 g/mol. The summed E-state index contributed by atoms with van der Waals surface area (Å²) >= 11 is 0. The van der Waals surface area contributed by atoms with E-state index in [2.05, 4.69) is 28.6 Å². The van der Waals surface area contributed by atoms with Gasteiger partial charge in [-0.1, -0.05) is 24.6 Å². The van der Waals surface area contributed by atoms with Crippen molar-refractivity contribution in [1.29, 1.82) is 0 Å². The summed E-state index contributed by atoms with van der Waals surface area (Å²) in [6.45, 7) is 0. The van der Waals surface area contributed by atoms with Crippen LogP contribution in [0.3, 0.4) is 0 Å². The highest BCUT2D eigenvalue weighted by Crippen LogP contribution is 2.38. The molecule has 3 nitrogen and oxygen atoms in total. The first-order chi connectivity index (χ1) is 8.40. The van der Waals surface area contributed by atoms with Crippen LogP contribution in [0.25, 0.3) is 10.9 Å². The molecule has 0 amide bonds. The van der Waals surface area contributed by atoms with Gasteiger partial charge in [-0.05, 0) is 36.5 Å². The molecule has 3 N–H and O–H groups in total. The maximum absolute atomic E-state index is 5.74. The van der Waals surface area contributed by atoms with Crippen molar-refractivity contribution in [2.45, 2.75) is 25.3 Å². The van der Waals surface area contributed by atoms with Gasteiger partial charge < -0.3 is 0 Å². The molecule has 1 atom stereocenters. The zero-order valence-corrected chi connectivity index (χ0v) is 9.76. The molecule has 0 spiro atoms. The SMILES string of the molecule is NNC(c1ccnc2ccccc12)C1CCC1. The number of hydrogen-bond acceptors (Lipinski definition) is 3. The van der Waals surface area contributed by atoms with Crippen molar-refractivity contribution in [1.82, 2.24) is 10.4 Å². The summed E-state index contributed by atoms with van der Waals surface area (Å²) in [5.41, 5.74) is 5.31. The van der Waals surface area contributed by atoms with E-state index in [4.69, 9.17) is 5.84 Å². The molecule has 0 radical (unpaired) electrons. The minimum Gasteiger partial charge on any atom is -0.271 e. The normalized spacial score (nSPS) is 17.9. The fraction of sp³-hybridized carbons (Fsp3) is 0.357. The molecule has 1 unspecified atom stereocenters. The predicted octanol–water partition coefficient (Wildman–Crippen LogP) is 2.54. The molecule has 1 aliphatic carbocycles. The zero-order chi connectivity index (χ0) is 11.7. The van der Waals surface area contributed by atoms with Gasteiger partial charge in [-0.15, -0.1) is 0 Å². The van der Waals surface area contributed by atoms with E-state index in [1.54, 1.807) is 0 Å². The van der Waals surface area contributed by atoms with E-state index in [-0.39, 0.29) is 6.04 Å². The highest BCUT2D eigenvalue weighted by Gasteiger charge is 2.28. The minimum absolute atomic E-state index is 0.261. The van der Waals surface area contributed by atoms with Crippen LogP contribution in [0.15, 0.2) is 36.5 Å². The van der Waals surface area contributed by atoms with Crippen molar-refractivity contribution in [2.75, 3.05) is 0 Å². The molecule has 17 heavy (non-hydrogen) atoms. The van der Waals surface area contributed by atoms with Gasteiger partial charge in [0.2, 0.25) is 0 Å². The van der Waals surface area contributed by atoms with Crippen molar-refractivity contribution in [3.63, 3.8) is 0 Å². The first-order valence-corrected chi connectivity index (χ1v) is 6.20. The van der Waals surface area contributed by atoms with Gasteiger partial charge in [-0.2, -0.15) is 0 Å². The van der Waals surface area contributed by atoms with Crippen LogP contribution in [0.2, 0.25) is 0 Å². The highest BCUT2D eigenvalue weighted by molar-refractivity contribution is 5.82. The van der Waals surface area contributed by atoms with Crippen LogP contribution < -0.4 is 11.3 Å². The van der Waals surface area contributed by atoms with Crippen molar-refractivity contribution in [2.24, 2.45) is 11.8 Å². The van der Waals surface area contributed by atoms with E-state index in [0.717, 1.165) is 5.52 Å². The van der Waals surface area contributed by atoms with Gasteiger partial charge in [0.05, 0.1) is 5.52 Å². The van der Waals surface area contributed by atoms with Gasteiger partial charge in [0, 0.05) is 17.6 Å². The molecule has 3 rings (SSSR count). The molecule has 0 saturated heterocycles. The summed E-state index contributed by atoms with van der Waals surface area (Å²) in [7, 11) is 0. The van der Waals surface area contributed by atoms with Crippen LogP contribution in [-0.4, -0.2) is 4.98 Å².